The van der Waals surface area contributed by atoms with Gasteiger partial charge in [-0.3, -0.25) is 4.79 Å². The second kappa shape index (κ2) is 4.57. The number of anilines is 1. The van der Waals surface area contributed by atoms with Crippen LogP contribution in [0.1, 0.15) is 23.7 Å². The van der Waals surface area contributed by atoms with Gasteiger partial charge >= 0.3 is 5.97 Å². The van der Waals surface area contributed by atoms with Crippen molar-refractivity contribution in [3.05, 3.63) is 23.8 Å². The first-order chi connectivity index (χ1) is 9.13. The minimum atomic E-state index is -0.345. The van der Waals surface area contributed by atoms with Crippen LogP contribution < -0.4 is 10.1 Å². The molecule has 1 heterocycles. The lowest BCUT2D eigenvalue weighted by atomic mass is 10.1. The summed E-state index contributed by atoms with van der Waals surface area (Å²) in [5, 5.41) is 2.68. The molecule has 1 fully saturated rings. The van der Waals surface area contributed by atoms with E-state index in [1.165, 1.54) is 0 Å². The van der Waals surface area contributed by atoms with Crippen molar-refractivity contribution in [2.24, 2.45) is 11.8 Å². The molecule has 100 valence electrons. The maximum absolute atomic E-state index is 11.9. The molecular formula is C14H15NO4. The van der Waals surface area contributed by atoms with Crippen LogP contribution in [0.4, 0.5) is 5.69 Å². The molecule has 5 heteroatoms. The van der Waals surface area contributed by atoms with Crippen molar-refractivity contribution in [2.75, 3.05) is 18.5 Å². The Balaban J connectivity index is 1.67. The van der Waals surface area contributed by atoms with Gasteiger partial charge in [-0.2, -0.15) is 0 Å². The van der Waals surface area contributed by atoms with Crippen molar-refractivity contribution in [2.45, 2.75) is 13.3 Å². The van der Waals surface area contributed by atoms with E-state index in [1.54, 1.807) is 18.2 Å². The molecule has 0 spiro atoms. The van der Waals surface area contributed by atoms with Gasteiger partial charge in [-0.1, -0.05) is 6.92 Å². The molecule has 1 aromatic carbocycles. The van der Waals surface area contributed by atoms with Crippen molar-refractivity contribution in [1.82, 2.24) is 0 Å². The molecule has 2 atom stereocenters. The fourth-order valence-electron chi connectivity index (χ4n) is 2.10. The number of esters is 1. The highest BCUT2D eigenvalue weighted by molar-refractivity contribution is 5.97. The third-order valence-electron chi connectivity index (χ3n) is 3.55. The van der Waals surface area contributed by atoms with E-state index in [0.29, 0.717) is 35.4 Å². The predicted molar refractivity (Wildman–Crippen MR) is 68.1 cm³/mol. The van der Waals surface area contributed by atoms with E-state index in [2.05, 4.69) is 12.2 Å². The Morgan fingerprint density at radius 1 is 1.53 bits per heavy atom. The van der Waals surface area contributed by atoms with Crippen LogP contribution in [-0.2, 0) is 9.53 Å². The van der Waals surface area contributed by atoms with Crippen LogP contribution in [0.2, 0.25) is 0 Å². The van der Waals surface area contributed by atoms with Gasteiger partial charge in [0, 0.05) is 0 Å². The van der Waals surface area contributed by atoms with Gasteiger partial charge in [0.15, 0.2) is 6.61 Å². The quantitative estimate of drug-likeness (QED) is 0.843. The molecule has 0 saturated heterocycles. The van der Waals surface area contributed by atoms with Gasteiger partial charge in [0.1, 0.15) is 5.75 Å². The summed E-state index contributed by atoms with van der Waals surface area (Å²) < 4.78 is 10.5. The average molecular weight is 261 g/mol. The molecule has 2 aliphatic rings. The number of ether oxygens (including phenoxy) is 2. The largest absolute Gasteiger partial charge is 0.482 e. The lowest BCUT2D eigenvalue weighted by Gasteiger charge is -2.18. The van der Waals surface area contributed by atoms with Gasteiger partial charge in [0.05, 0.1) is 17.9 Å². The Morgan fingerprint density at radius 3 is 3.05 bits per heavy atom. The van der Waals surface area contributed by atoms with Gasteiger partial charge in [-0.25, -0.2) is 4.79 Å². The average Bonchev–Trinajstić information content (AvgIpc) is 3.11. The van der Waals surface area contributed by atoms with Crippen LogP contribution in [0.3, 0.4) is 0 Å². The molecule has 0 aromatic heterocycles. The summed E-state index contributed by atoms with van der Waals surface area (Å²) in [7, 11) is 0. The molecule has 0 radical (unpaired) electrons. The Bertz CT molecular complexity index is 540. The van der Waals surface area contributed by atoms with Crippen LogP contribution in [0.5, 0.6) is 5.75 Å². The summed E-state index contributed by atoms with van der Waals surface area (Å²) in [6.07, 6.45) is 1.13. The van der Waals surface area contributed by atoms with Crippen molar-refractivity contribution in [3.8, 4) is 5.75 Å². The number of amides is 1. The summed E-state index contributed by atoms with van der Waals surface area (Å²) in [6.45, 7) is 2.60. The zero-order valence-electron chi connectivity index (χ0n) is 10.6. The standard InChI is InChI=1S/C14H15NO4/c1-8-4-10(8)6-19-14(17)9-2-3-11-12(5-9)18-7-13(16)15-11/h2-3,5,8,10H,4,6-7H2,1H3,(H,15,16)/t8-,10+/m0/s1. The minimum absolute atomic E-state index is 0.0227. The number of rotatable bonds is 3. The summed E-state index contributed by atoms with van der Waals surface area (Å²) in [5.74, 6) is 1.15. The monoisotopic (exact) mass is 261 g/mol. The second-order valence-corrected chi connectivity index (χ2v) is 5.12. The maximum atomic E-state index is 11.9. The molecule has 3 rings (SSSR count). The number of fused-ring (bicyclic) bond motifs is 1. The van der Waals surface area contributed by atoms with Crippen molar-refractivity contribution >= 4 is 17.6 Å². The molecule has 1 aliphatic heterocycles. The van der Waals surface area contributed by atoms with E-state index in [0.717, 1.165) is 6.42 Å². The summed E-state index contributed by atoms with van der Waals surface area (Å²) >= 11 is 0. The van der Waals surface area contributed by atoms with E-state index >= 15 is 0 Å². The van der Waals surface area contributed by atoms with Crippen LogP contribution >= 0.6 is 0 Å². The van der Waals surface area contributed by atoms with E-state index in [9.17, 15) is 9.59 Å². The summed E-state index contributed by atoms with van der Waals surface area (Å²) in [6, 6.07) is 4.89. The summed E-state index contributed by atoms with van der Waals surface area (Å²) in [4.78, 5) is 23.0. The lowest BCUT2D eigenvalue weighted by Crippen LogP contribution is -2.25. The van der Waals surface area contributed by atoms with Crippen molar-refractivity contribution in [1.29, 1.82) is 0 Å². The van der Waals surface area contributed by atoms with Crippen molar-refractivity contribution in [3.63, 3.8) is 0 Å². The van der Waals surface area contributed by atoms with Crippen molar-refractivity contribution < 1.29 is 19.1 Å². The highest BCUT2D eigenvalue weighted by Gasteiger charge is 2.33. The van der Waals surface area contributed by atoms with E-state index < -0.39 is 0 Å². The van der Waals surface area contributed by atoms with Gasteiger partial charge in [-0.15, -0.1) is 0 Å². The lowest BCUT2D eigenvalue weighted by molar-refractivity contribution is -0.118. The third-order valence-corrected chi connectivity index (χ3v) is 3.55. The van der Waals surface area contributed by atoms with E-state index in [1.807, 2.05) is 0 Å². The molecular weight excluding hydrogens is 246 g/mol. The maximum Gasteiger partial charge on any atom is 0.338 e. The molecule has 1 N–H and O–H groups in total. The smallest absolute Gasteiger partial charge is 0.338 e. The first-order valence-corrected chi connectivity index (χ1v) is 6.37. The Hall–Kier alpha value is -2.04. The van der Waals surface area contributed by atoms with Gasteiger partial charge in [0.2, 0.25) is 0 Å². The second-order valence-electron chi connectivity index (χ2n) is 5.12. The highest BCUT2D eigenvalue weighted by Crippen LogP contribution is 2.38. The van der Waals surface area contributed by atoms with Crippen LogP contribution in [0.15, 0.2) is 18.2 Å². The third kappa shape index (κ3) is 2.54. The van der Waals surface area contributed by atoms with E-state index in [4.69, 9.17) is 9.47 Å². The number of carbonyl (C=O) groups is 2. The fraction of sp³-hybridized carbons (Fsp3) is 0.429. The molecule has 19 heavy (non-hydrogen) atoms. The molecule has 1 saturated carbocycles. The summed E-state index contributed by atoms with van der Waals surface area (Å²) in [5.41, 5.74) is 1.03. The first kappa shape index (κ1) is 12.0. The van der Waals surface area contributed by atoms with Crippen LogP contribution in [-0.4, -0.2) is 25.1 Å². The Morgan fingerprint density at radius 2 is 2.32 bits per heavy atom. The molecule has 0 bridgehead atoms. The van der Waals surface area contributed by atoms with Gasteiger partial charge < -0.3 is 14.8 Å². The molecule has 5 nitrogen and oxygen atoms in total. The molecule has 0 unspecified atom stereocenters. The number of hydrogen-bond donors (Lipinski definition) is 1. The Kier molecular flexibility index (Phi) is 2.89. The predicted octanol–water partition coefficient (Wildman–Crippen LogP) is 1.83. The zero-order valence-corrected chi connectivity index (χ0v) is 10.6. The van der Waals surface area contributed by atoms with Gasteiger partial charge in [0.25, 0.3) is 5.91 Å². The highest BCUT2D eigenvalue weighted by atomic mass is 16.5. The number of hydrogen-bond acceptors (Lipinski definition) is 4. The minimum Gasteiger partial charge on any atom is -0.482 e. The number of carbonyl (C=O) groups excluding carboxylic acids is 2. The number of benzene rings is 1. The topological polar surface area (TPSA) is 64.6 Å². The van der Waals surface area contributed by atoms with Gasteiger partial charge in [-0.05, 0) is 36.5 Å². The first-order valence-electron chi connectivity index (χ1n) is 6.37. The zero-order chi connectivity index (χ0) is 13.4. The number of nitrogens with one attached hydrogen (secondary N) is 1. The molecule has 1 aromatic rings. The normalized spacial score (nSPS) is 23.9. The Labute approximate surface area is 110 Å². The fourth-order valence-corrected chi connectivity index (χ4v) is 2.10. The molecule has 1 amide bonds. The van der Waals surface area contributed by atoms with E-state index in [-0.39, 0.29) is 18.5 Å². The van der Waals surface area contributed by atoms with Crippen LogP contribution in [0, 0.1) is 11.8 Å². The van der Waals surface area contributed by atoms with Crippen LogP contribution in [0.25, 0.3) is 0 Å². The SMILES string of the molecule is C[C@H]1C[C@@H]1COC(=O)c1ccc2c(c1)OCC(=O)N2. The molecule has 1 aliphatic carbocycles.